The van der Waals surface area contributed by atoms with Crippen LogP contribution in [0.4, 0.5) is 26.2 Å². The van der Waals surface area contributed by atoms with E-state index in [0.29, 0.717) is 16.3 Å². The predicted octanol–water partition coefficient (Wildman–Crippen LogP) is 5.02. The van der Waals surface area contributed by atoms with E-state index in [1.807, 2.05) is 24.4 Å². The molecule has 0 aliphatic carbocycles. The Kier molecular flexibility index (Phi) is 7.87. The summed E-state index contributed by atoms with van der Waals surface area (Å²) in [6.07, 6.45) is 2.96. The molecule has 0 saturated carbocycles. The minimum absolute atomic E-state index is 0.0568. The zero-order valence-electron chi connectivity index (χ0n) is 21.5. The standard InChI is InChI=1S/C27H33F2N7S/c1-4-34-7-9-35(10-8-34)17-19-5-6-24(30-15-19)32-27-31-16-22(29)25(33-27)20-13-21(28)26-23(14-20)36(18(2)3)11-12-37-26/h5-6,13-16,18H,4,7-12,17H2,1-3H3,(H,30,31,32,33). The van der Waals surface area contributed by atoms with Crippen molar-refractivity contribution in [2.24, 2.45) is 0 Å². The molecule has 5 rings (SSSR count). The smallest absolute Gasteiger partial charge is 0.229 e. The summed E-state index contributed by atoms with van der Waals surface area (Å²) in [5, 5.41) is 3.06. The van der Waals surface area contributed by atoms with Crippen LogP contribution in [0, 0.1) is 11.6 Å². The van der Waals surface area contributed by atoms with Crippen molar-refractivity contribution in [3.8, 4) is 11.3 Å². The number of benzene rings is 1. The number of likely N-dealkylation sites (N-methyl/N-ethyl adjacent to an activating group) is 1. The molecule has 2 aromatic heterocycles. The minimum atomic E-state index is -0.601. The van der Waals surface area contributed by atoms with Crippen LogP contribution in [-0.2, 0) is 6.54 Å². The lowest BCUT2D eigenvalue weighted by Gasteiger charge is -2.34. The Morgan fingerprint density at radius 1 is 0.973 bits per heavy atom. The molecular formula is C27H33F2N7S. The maximum absolute atomic E-state index is 15.0. The van der Waals surface area contributed by atoms with Gasteiger partial charge in [0.1, 0.15) is 17.3 Å². The summed E-state index contributed by atoms with van der Waals surface area (Å²) in [4.78, 5) is 20.6. The van der Waals surface area contributed by atoms with Gasteiger partial charge in [-0.25, -0.2) is 23.7 Å². The zero-order chi connectivity index (χ0) is 25.9. The number of hydrogen-bond acceptors (Lipinski definition) is 8. The van der Waals surface area contributed by atoms with Gasteiger partial charge in [0.05, 0.1) is 16.8 Å². The van der Waals surface area contributed by atoms with Crippen LogP contribution in [0.2, 0.25) is 0 Å². The summed E-state index contributed by atoms with van der Waals surface area (Å²) < 4.78 is 29.9. The largest absolute Gasteiger partial charge is 0.367 e. The van der Waals surface area contributed by atoms with Crippen LogP contribution in [0.3, 0.4) is 0 Å². The number of rotatable bonds is 7. The lowest BCUT2D eigenvalue weighted by Crippen LogP contribution is -2.45. The molecule has 0 amide bonds. The molecule has 2 aliphatic heterocycles. The Hall–Kier alpha value is -2.82. The van der Waals surface area contributed by atoms with Crippen LogP contribution >= 0.6 is 11.8 Å². The van der Waals surface area contributed by atoms with E-state index in [-0.39, 0.29) is 23.5 Å². The van der Waals surface area contributed by atoms with Gasteiger partial charge in [-0.3, -0.25) is 4.90 Å². The number of hydrogen-bond donors (Lipinski definition) is 1. The molecule has 1 fully saturated rings. The number of pyridine rings is 1. The van der Waals surface area contributed by atoms with Gasteiger partial charge in [-0.15, -0.1) is 11.8 Å². The van der Waals surface area contributed by atoms with Gasteiger partial charge in [0.25, 0.3) is 0 Å². The highest BCUT2D eigenvalue weighted by Gasteiger charge is 2.25. The molecule has 196 valence electrons. The minimum Gasteiger partial charge on any atom is -0.367 e. The number of aromatic nitrogens is 3. The van der Waals surface area contributed by atoms with Gasteiger partial charge in [-0.05, 0) is 44.2 Å². The third kappa shape index (κ3) is 5.86. The van der Waals surface area contributed by atoms with Gasteiger partial charge >= 0.3 is 0 Å². The maximum Gasteiger partial charge on any atom is 0.229 e. The summed E-state index contributed by atoms with van der Waals surface area (Å²) in [5.41, 5.74) is 2.36. The molecule has 4 heterocycles. The number of anilines is 3. The number of halogens is 2. The van der Waals surface area contributed by atoms with Crippen molar-refractivity contribution in [1.82, 2.24) is 24.8 Å². The molecule has 3 aromatic rings. The van der Waals surface area contributed by atoms with Crippen molar-refractivity contribution in [3.63, 3.8) is 0 Å². The monoisotopic (exact) mass is 525 g/mol. The number of thioether (sulfide) groups is 1. The lowest BCUT2D eigenvalue weighted by atomic mass is 10.1. The molecule has 2 aliphatic rings. The van der Waals surface area contributed by atoms with E-state index in [2.05, 4.69) is 55.7 Å². The van der Waals surface area contributed by atoms with E-state index in [0.717, 1.165) is 69.0 Å². The van der Waals surface area contributed by atoms with Gasteiger partial charge in [0, 0.05) is 62.8 Å². The van der Waals surface area contributed by atoms with Crippen LogP contribution in [0.1, 0.15) is 26.3 Å². The molecule has 0 unspecified atom stereocenters. The maximum atomic E-state index is 15.0. The Morgan fingerprint density at radius 2 is 1.76 bits per heavy atom. The second-order valence-electron chi connectivity index (χ2n) is 9.72. The van der Waals surface area contributed by atoms with Gasteiger partial charge in [-0.1, -0.05) is 13.0 Å². The highest BCUT2D eigenvalue weighted by atomic mass is 32.2. The van der Waals surface area contributed by atoms with E-state index in [1.54, 1.807) is 0 Å². The Labute approximate surface area is 221 Å². The first kappa shape index (κ1) is 25.8. The van der Waals surface area contributed by atoms with E-state index in [1.165, 1.54) is 17.8 Å². The highest BCUT2D eigenvalue weighted by Crippen LogP contribution is 2.41. The molecule has 1 N–H and O–H groups in total. The third-order valence-electron chi connectivity index (χ3n) is 6.94. The number of nitrogens with one attached hydrogen (secondary N) is 1. The molecule has 0 bridgehead atoms. The Balaban J connectivity index is 1.32. The first-order chi connectivity index (χ1) is 17.9. The molecule has 37 heavy (non-hydrogen) atoms. The van der Waals surface area contributed by atoms with Crippen LogP contribution in [0.5, 0.6) is 0 Å². The molecule has 0 spiro atoms. The molecule has 10 heteroatoms. The fraction of sp³-hybridized carbons (Fsp3) is 0.444. The van der Waals surface area contributed by atoms with Crippen molar-refractivity contribution in [2.45, 2.75) is 38.3 Å². The SMILES string of the molecule is CCN1CCN(Cc2ccc(Nc3ncc(F)c(-c4cc(F)c5c(c4)N(C(C)C)CCS5)n3)nc2)CC1. The van der Waals surface area contributed by atoms with Gasteiger partial charge in [0.15, 0.2) is 5.82 Å². The number of piperazine rings is 1. The average Bonchev–Trinajstić information content (AvgIpc) is 2.91. The van der Waals surface area contributed by atoms with E-state index in [4.69, 9.17) is 0 Å². The summed E-state index contributed by atoms with van der Waals surface area (Å²) in [6, 6.07) is 7.30. The van der Waals surface area contributed by atoms with Crippen molar-refractivity contribution >= 4 is 29.2 Å². The molecule has 1 saturated heterocycles. The fourth-order valence-electron chi connectivity index (χ4n) is 4.83. The number of fused-ring (bicyclic) bond motifs is 1. The summed E-state index contributed by atoms with van der Waals surface area (Å²) in [6.45, 7) is 13.4. The van der Waals surface area contributed by atoms with Crippen molar-refractivity contribution < 1.29 is 8.78 Å². The molecule has 1 aromatic carbocycles. The van der Waals surface area contributed by atoms with Crippen molar-refractivity contribution in [1.29, 1.82) is 0 Å². The van der Waals surface area contributed by atoms with Crippen molar-refractivity contribution in [2.75, 3.05) is 55.2 Å². The third-order valence-corrected chi connectivity index (χ3v) is 8.02. The Morgan fingerprint density at radius 3 is 2.46 bits per heavy atom. The van der Waals surface area contributed by atoms with Gasteiger partial charge < -0.3 is 15.1 Å². The molecule has 0 atom stereocenters. The second-order valence-corrected chi connectivity index (χ2v) is 10.8. The van der Waals surface area contributed by atoms with Gasteiger partial charge in [-0.2, -0.15) is 0 Å². The summed E-state index contributed by atoms with van der Waals surface area (Å²) >= 11 is 1.49. The van der Waals surface area contributed by atoms with Crippen molar-refractivity contribution in [3.05, 3.63) is 53.9 Å². The number of nitrogens with zero attached hydrogens (tertiary/aromatic N) is 6. The van der Waals surface area contributed by atoms with Gasteiger partial charge in [0.2, 0.25) is 5.95 Å². The van der Waals surface area contributed by atoms with E-state index in [9.17, 15) is 4.39 Å². The lowest BCUT2D eigenvalue weighted by molar-refractivity contribution is 0.132. The normalized spacial score (nSPS) is 16.8. The fourth-order valence-corrected chi connectivity index (χ4v) is 5.85. The zero-order valence-corrected chi connectivity index (χ0v) is 22.4. The van der Waals surface area contributed by atoms with E-state index < -0.39 is 5.82 Å². The molecular weight excluding hydrogens is 492 g/mol. The van der Waals surface area contributed by atoms with Crippen LogP contribution < -0.4 is 10.2 Å². The predicted molar refractivity (Wildman–Crippen MR) is 146 cm³/mol. The van der Waals surface area contributed by atoms with Crippen LogP contribution in [0.15, 0.2) is 41.6 Å². The van der Waals surface area contributed by atoms with E-state index >= 15 is 4.39 Å². The summed E-state index contributed by atoms with van der Waals surface area (Å²) in [7, 11) is 0. The topological polar surface area (TPSA) is 60.4 Å². The Bertz CT molecular complexity index is 1230. The second kappa shape index (κ2) is 11.3. The highest BCUT2D eigenvalue weighted by molar-refractivity contribution is 7.99. The quantitative estimate of drug-likeness (QED) is 0.462. The summed E-state index contributed by atoms with van der Waals surface area (Å²) in [5.74, 6) is 0.634. The molecule has 0 radical (unpaired) electrons. The van der Waals surface area contributed by atoms with Crippen LogP contribution in [-0.4, -0.2) is 75.8 Å². The molecule has 7 nitrogen and oxygen atoms in total. The van der Waals surface area contributed by atoms with Crippen LogP contribution in [0.25, 0.3) is 11.3 Å². The first-order valence-corrected chi connectivity index (χ1v) is 13.8. The first-order valence-electron chi connectivity index (χ1n) is 12.8. The average molecular weight is 526 g/mol.